The number of nitriles is 1. The molecule has 0 saturated carbocycles. The van der Waals surface area contributed by atoms with E-state index < -0.39 is 32.6 Å². The molecule has 6 rings (SSSR count). The molecule has 0 bridgehead atoms. The van der Waals surface area contributed by atoms with Gasteiger partial charge < -0.3 is 37.8 Å². The van der Waals surface area contributed by atoms with E-state index in [1.54, 1.807) is 37.8 Å². The van der Waals surface area contributed by atoms with E-state index in [1.807, 2.05) is 105 Å². The molecule has 0 radical (unpaired) electrons. The molecule has 4 unspecified atom stereocenters. The maximum atomic E-state index is 9.45. The highest BCUT2D eigenvalue weighted by Gasteiger charge is 2.45. The zero-order valence-electron chi connectivity index (χ0n) is 37.5. The van der Waals surface area contributed by atoms with Crippen molar-refractivity contribution >= 4 is 44.0 Å². The molecule has 1 saturated heterocycles. The van der Waals surface area contributed by atoms with Crippen LogP contribution in [0.4, 0.5) is 11.8 Å². The van der Waals surface area contributed by atoms with E-state index in [0.29, 0.717) is 23.3 Å². The molecular formula is C46H59N10O6P. The van der Waals surface area contributed by atoms with Gasteiger partial charge in [0.25, 0.3) is 14.5 Å². The number of ether oxygens (including phenoxy) is 4. The number of rotatable bonds is 23. The molecule has 2 aromatic heterocycles. The normalized spacial score (nSPS) is 17.2. The highest BCUT2D eigenvalue weighted by molar-refractivity contribution is 7.44. The predicted molar refractivity (Wildman–Crippen MR) is 246 cm³/mol. The summed E-state index contributed by atoms with van der Waals surface area (Å²) in [6.45, 7) is 6.14. The van der Waals surface area contributed by atoms with Crippen LogP contribution in [0.1, 0.15) is 62.4 Å². The molecular weight excluding hydrogens is 820 g/mol. The molecule has 0 spiro atoms. The molecule has 17 heteroatoms. The second kappa shape index (κ2) is 22.7. The first-order valence-electron chi connectivity index (χ1n) is 21.2. The van der Waals surface area contributed by atoms with Crippen molar-refractivity contribution in [1.82, 2.24) is 34.2 Å². The minimum Gasteiger partial charge on any atom is -0.497 e. The minimum atomic E-state index is -1.59. The van der Waals surface area contributed by atoms with E-state index in [0.717, 1.165) is 54.1 Å². The molecule has 334 valence electrons. The summed E-state index contributed by atoms with van der Waals surface area (Å²) >= 11 is 0. The molecule has 0 aliphatic carbocycles. The maximum Gasteiger partial charge on any atom is 0.259 e. The smallest absolute Gasteiger partial charge is 0.259 e. The Morgan fingerprint density at radius 3 is 2.03 bits per heavy atom. The van der Waals surface area contributed by atoms with Crippen molar-refractivity contribution in [3.05, 3.63) is 102 Å². The first-order valence-corrected chi connectivity index (χ1v) is 22.3. The fraction of sp³-hybridized carbons (Fsp3) is 0.435. The summed E-state index contributed by atoms with van der Waals surface area (Å²) in [5, 5.41) is 14.9. The van der Waals surface area contributed by atoms with E-state index in [1.165, 1.54) is 0 Å². The Kier molecular flexibility index (Phi) is 16.9. The van der Waals surface area contributed by atoms with Gasteiger partial charge in [-0.2, -0.15) is 20.3 Å². The highest BCUT2D eigenvalue weighted by Crippen LogP contribution is 2.49. The number of aliphatic imine (C=N–C) groups is 2. The molecule has 1 aliphatic rings. The monoisotopic (exact) mass is 878 g/mol. The third-order valence-corrected chi connectivity index (χ3v) is 11.9. The Balaban J connectivity index is 1.46. The van der Waals surface area contributed by atoms with Crippen LogP contribution in [0.15, 0.2) is 95.0 Å². The van der Waals surface area contributed by atoms with Gasteiger partial charge in [-0.3, -0.25) is 0 Å². The molecule has 1 aliphatic heterocycles. The molecule has 63 heavy (non-hydrogen) atoms. The summed E-state index contributed by atoms with van der Waals surface area (Å²) in [5.41, 5.74) is 2.08. The van der Waals surface area contributed by atoms with Gasteiger partial charge in [0.05, 0.1) is 70.3 Å². The number of nitrogens with zero attached hydrogens (tertiary/aromatic N) is 10. The lowest BCUT2D eigenvalue weighted by Crippen LogP contribution is -2.38. The summed E-state index contributed by atoms with van der Waals surface area (Å²) in [7, 11) is 9.25. The first kappa shape index (κ1) is 47.0. The lowest BCUT2D eigenvalue weighted by Gasteiger charge is -2.37. The maximum absolute atomic E-state index is 9.45. The minimum absolute atomic E-state index is 0.0992. The number of aromatic nitrogens is 4. The van der Waals surface area contributed by atoms with Gasteiger partial charge in [-0.1, -0.05) is 68.4 Å². The average Bonchev–Trinajstić information content (AvgIpc) is 3.92. The van der Waals surface area contributed by atoms with E-state index in [-0.39, 0.29) is 25.6 Å². The number of fused-ring (bicyclic) bond motifs is 1. The van der Waals surface area contributed by atoms with Crippen LogP contribution in [0.3, 0.4) is 0 Å². The highest BCUT2D eigenvalue weighted by atomic mass is 31.2. The van der Waals surface area contributed by atoms with Crippen LogP contribution in [0.25, 0.3) is 11.0 Å². The summed E-state index contributed by atoms with van der Waals surface area (Å²) in [5.74, 6) is 2.10. The molecule has 3 heterocycles. The Bertz CT molecular complexity index is 2230. The second-order valence-corrected chi connectivity index (χ2v) is 16.9. The topological polar surface area (TPSA) is 157 Å². The van der Waals surface area contributed by atoms with Gasteiger partial charge in [0.15, 0.2) is 17.7 Å². The summed E-state index contributed by atoms with van der Waals surface area (Å²) < 4.78 is 43.1. The van der Waals surface area contributed by atoms with Crippen LogP contribution >= 0.6 is 8.53 Å². The van der Waals surface area contributed by atoms with E-state index in [2.05, 4.69) is 51.7 Å². The largest absolute Gasteiger partial charge is 0.497 e. The Hall–Kier alpha value is -5.53. The van der Waals surface area contributed by atoms with Crippen molar-refractivity contribution in [3.8, 4) is 17.6 Å². The van der Waals surface area contributed by atoms with Crippen LogP contribution in [0.5, 0.6) is 11.5 Å². The molecule has 3 aromatic carbocycles. The zero-order valence-corrected chi connectivity index (χ0v) is 38.4. The third-order valence-electron chi connectivity index (χ3n) is 10.2. The van der Waals surface area contributed by atoms with Crippen LogP contribution in [0, 0.1) is 11.3 Å². The fourth-order valence-corrected chi connectivity index (χ4v) is 9.04. The Labute approximate surface area is 372 Å². The number of hydrogen-bond donors (Lipinski definition) is 0. The standard InChI is InChI=1S/C46H59N10O6P/c1-9-26-55(27-10-2)63(60-28-14-25-47)62-40-29-42(56-44-39(30-50-56)43(48-32-53(3)4)51-45(52-44)49-33-54(5)6)61-41(40)31-59-46(34-15-12-11-13-16-34,35-17-21-37(57-7)22-18-35)36-19-23-38(58-8)24-20-36/h11-13,15-24,30,32-33,40-42H,9-10,14,26-29,31H2,1-8H3/b48-32-,49-33+. The van der Waals surface area contributed by atoms with Crippen molar-refractivity contribution in [2.24, 2.45) is 9.98 Å². The van der Waals surface area contributed by atoms with Crippen LogP contribution < -0.4 is 9.47 Å². The van der Waals surface area contributed by atoms with Gasteiger partial charge in [-0.05, 0) is 53.8 Å². The number of methoxy groups -OCH3 is 2. The molecule has 1 fully saturated rings. The molecule has 0 N–H and O–H groups in total. The SMILES string of the molecule is CCCN(CCC)P(OCCC#N)OC1CC(n2ncc3c(/N=C\N(C)C)nc(/N=C/N(C)C)nc32)OC1COC(c1ccccc1)(c1ccc(OC)cc1)c1ccc(OC)cc1. The first-order chi connectivity index (χ1) is 30.6. The second-order valence-electron chi connectivity index (χ2n) is 15.3. The lowest BCUT2D eigenvalue weighted by molar-refractivity contribution is -0.0929. The van der Waals surface area contributed by atoms with Crippen molar-refractivity contribution in [2.45, 2.75) is 63.6 Å². The third kappa shape index (κ3) is 11.5. The Morgan fingerprint density at radius 2 is 1.46 bits per heavy atom. The van der Waals surface area contributed by atoms with Gasteiger partial charge in [-0.15, -0.1) is 0 Å². The van der Waals surface area contributed by atoms with Crippen molar-refractivity contribution in [1.29, 1.82) is 5.26 Å². The van der Waals surface area contributed by atoms with E-state index >= 15 is 0 Å². The predicted octanol–water partition coefficient (Wildman–Crippen LogP) is 8.25. The van der Waals surface area contributed by atoms with Crippen LogP contribution in [-0.4, -0.2) is 128 Å². The quantitative estimate of drug-likeness (QED) is 0.0203. The molecule has 0 amide bonds. The summed E-state index contributed by atoms with van der Waals surface area (Å²) in [6, 6.07) is 28.2. The van der Waals surface area contributed by atoms with Gasteiger partial charge >= 0.3 is 0 Å². The number of benzene rings is 3. The van der Waals surface area contributed by atoms with E-state index in [9.17, 15) is 5.26 Å². The number of hydrogen-bond acceptors (Lipinski definition) is 13. The Morgan fingerprint density at radius 1 is 0.857 bits per heavy atom. The van der Waals surface area contributed by atoms with Gasteiger partial charge in [0.1, 0.15) is 23.2 Å². The van der Waals surface area contributed by atoms with Crippen molar-refractivity contribution in [2.75, 3.05) is 68.7 Å². The van der Waals surface area contributed by atoms with Crippen molar-refractivity contribution in [3.63, 3.8) is 0 Å². The van der Waals surface area contributed by atoms with Gasteiger partial charge in [-0.25, -0.2) is 19.3 Å². The summed E-state index contributed by atoms with van der Waals surface area (Å²) in [6.07, 6.45) is 5.67. The zero-order chi connectivity index (χ0) is 44.8. The fourth-order valence-electron chi connectivity index (χ4n) is 7.25. The van der Waals surface area contributed by atoms with Crippen molar-refractivity contribution < 1.29 is 28.0 Å². The molecule has 4 atom stereocenters. The summed E-state index contributed by atoms with van der Waals surface area (Å²) in [4.78, 5) is 22.3. The van der Waals surface area contributed by atoms with Crippen LogP contribution in [-0.2, 0) is 24.1 Å². The van der Waals surface area contributed by atoms with E-state index in [4.69, 9.17) is 38.1 Å². The van der Waals surface area contributed by atoms with Gasteiger partial charge in [0, 0.05) is 47.7 Å². The molecule has 16 nitrogen and oxygen atoms in total. The lowest BCUT2D eigenvalue weighted by atomic mass is 9.80. The van der Waals surface area contributed by atoms with Crippen LogP contribution in [0.2, 0.25) is 0 Å². The molecule has 5 aromatic rings. The average molecular weight is 879 g/mol. The van der Waals surface area contributed by atoms with Gasteiger partial charge in [0.2, 0.25) is 0 Å².